The number of aryl methyl sites for hydroxylation is 1. The van der Waals surface area contributed by atoms with Crippen LogP contribution in [0.1, 0.15) is 25.3 Å². The Morgan fingerprint density at radius 1 is 1.20 bits per heavy atom. The molecule has 0 saturated carbocycles. The van der Waals surface area contributed by atoms with E-state index in [1.54, 1.807) is 23.2 Å². The lowest BCUT2D eigenvalue weighted by molar-refractivity contribution is -0.134. The third-order valence-corrected chi connectivity index (χ3v) is 4.21. The van der Waals surface area contributed by atoms with Gasteiger partial charge in [0.15, 0.2) is 0 Å². The van der Waals surface area contributed by atoms with Crippen molar-refractivity contribution in [2.45, 2.75) is 32.7 Å². The van der Waals surface area contributed by atoms with E-state index in [1.165, 1.54) is 6.92 Å². The van der Waals surface area contributed by atoms with Crippen molar-refractivity contribution < 1.29 is 14.3 Å². The third kappa shape index (κ3) is 4.15. The summed E-state index contributed by atoms with van der Waals surface area (Å²) in [5, 5.41) is 2.82. The van der Waals surface area contributed by atoms with Crippen LogP contribution in [0.15, 0.2) is 42.6 Å². The Morgan fingerprint density at radius 3 is 2.60 bits per heavy atom. The highest BCUT2D eigenvalue weighted by Gasteiger charge is 2.32. The molecule has 6 nitrogen and oxygen atoms in total. The molecule has 1 N–H and O–H groups in total. The Hall–Kier alpha value is -2.89. The molecule has 25 heavy (non-hydrogen) atoms. The number of likely N-dealkylation sites (tertiary alicyclic amines) is 1. The summed E-state index contributed by atoms with van der Waals surface area (Å²) < 4.78 is 5.66. The Labute approximate surface area is 146 Å². The number of carbonyl (C=O) groups is 2. The number of carbonyl (C=O) groups excluding carboxylic acids is 2. The number of nitrogens with zero attached hydrogens (tertiary/aromatic N) is 2. The highest BCUT2D eigenvalue weighted by molar-refractivity contribution is 5.97. The summed E-state index contributed by atoms with van der Waals surface area (Å²) in [6.07, 6.45) is 3.08. The molecule has 6 heteroatoms. The second kappa shape index (κ2) is 7.34. The molecule has 130 valence electrons. The molecule has 2 aromatic rings. The van der Waals surface area contributed by atoms with Gasteiger partial charge < -0.3 is 15.0 Å². The minimum atomic E-state index is -0.402. The van der Waals surface area contributed by atoms with E-state index in [0.717, 1.165) is 12.0 Å². The van der Waals surface area contributed by atoms with Crippen molar-refractivity contribution in [1.82, 2.24) is 9.88 Å². The summed E-state index contributed by atoms with van der Waals surface area (Å²) in [7, 11) is 0. The first-order valence-electron chi connectivity index (χ1n) is 8.31. The molecule has 2 heterocycles. The first kappa shape index (κ1) is 17.0. The van der Waals surface area contributed by atoms with Gasteiger partial charge in [-0.15, -0.1) is 0 Å². The first-order valence-corrected chi connectivity index (χ1v) is 8.31. The summed E-state index contributed by atoms with van der Waals surface area (Å²) in [6.45, 7) is 4.14. The van der Waals surface area contributed by atoms with Crippen molar-refractivity contribution in [2.24, 2.45) is 0 Å². The number of anilines is 1. The van der Waals surface area contributed by atoms with Crippen molar-refractivity contribution in [3.63, 3.8) is 0 Å². The molecule has 1 aromatic carbocycles. The quantitative estimate of drug-likeness (QED) is 0.929. The summed E-state index contributed by atoms with van der Waals surface area (Å²) in [6, 6.07) is 10.7. The van der Waals surface area contributed by atoms with Gasteiger partial charge in [0.05, 0.1) is 11.9 Å². The van der Waals surface area contributed by atoms with Gasteiger partial charge in [0.25, 0.3) is 0 Å². The monoisotopic (exact) mass is 339 g/mol. The van der Waals surface area contributed by atoms with Gasteiger partial charge in [0.2, 0.25) is 17.7 Å². The minimum absolute atomic E-state index is 0.0716. The number of ether oxygens (including phenoxy) is 1. The maximum absolute atomic E-state index is 12.4. The SMILES string of the molecule is CC(=O)N1CCCC1C(=O)Nc1ccc(Oc2ccc(C)cc2)nc1. The normalized spacial score (nSPS) is 16.6. The number of pyridine rings is 1. The molecular weight excluding hydrogens is 318 g/mol. The van der Waals surface area contributed by atoms with E-state index in [-0.39, 0.29) is 11.8 Å². The molecule has 1 atom stereocenters. The van der Waals surface area contributed by atoms with Crippen molar-refractivity contribution in [1.29, 1.82) is 0 Å². The van der Waals surface area contributed by atoms with Crippen LogP contribution in [0.4, 0.5) is 5.69 Å². The standard InChI is InChI=1S/C19H21N3O3/c1-13-5-8-16(9-6-13)25-18-10-7-15(12-20-18)21-19(24)17-4-3-11-22(17)14(2)23/h5-10,12,17H,3-4,11H2,1-2H3,(H,21,24). The Kier molecular flexibility index (Phi) is 4.97. The molecule has 1 fully saturated rings. The number of amides is 2. The van der Waals surface area contributed by atoms with Crippen LogP contribution < -0.4 is 10.1 Å². The predicted molar refractivity (Wildman–Crippen MR) is 94.5 cm³/mol. The smallest absolute Gasteiger partial charge is 0.247 e. The van der Waals surface area contributed by atoms with E-state index in [0.29, 0.717) is 30.3 Å². The Balaban J connectivity index is 1.61. The van der Waals surface area contributed by atoms with Crippen molar-refractivity contribution >= 4 is 17.5 Å². The fraction of sp³-hybridized carbons (Fsp3) is 0.316. The van der Waals surface area contributed by atoms with Crippen LogP contribution in [0.5, 0.6) is 11.6 Å². The zero-order valence-electron chi connectivity index (χ0n) is 14.4. The number of rotatable bonds is 4. The van der Waals surface area contributed by atoms with E-state index in [9.17, 15) is 9.59 Å². The van der Waals surface area contributed by atoms with Gasteiger partial charge in [0, 0.05) is 19.5 Å². The Morgan fingerprint density at radius 2 is 1.96 bits per heavy atom. The van der Waals surface area contributed by atoms with Gasteiger partial charge in [0.1, 0.15) is 11.8 Å². The molecule has 3 rings (SSSR count). The zero-order chi connectivity index (χ0) is 17.8. The summed E-state index contributed by atoms with van der Waals surface area (Å²) >= 11 is 0. The molecule has 0 radical (unpaired) electrons. The van der Waals surface area contributed by atoms with Gasteiger partial charge in [-0.3, -0.25) is 9.59 Å². The van der Waals surface area contributed by atoms with Crippen molar-refractivity contribution in [3.05, 3.63) is 48.2 Å². The van der Waals surface area contributed by atoms with E-state index in [2.05, 4.69) is 10.3 Å². The maximum Gasteiger partial charge on any atom is 0.247 e. The van der Waals surface area contributed by atoms with Gasteiger partial charge in [-0.2, -0.15) is 0 Å². The number of hydrogen-bond acceptors (Lipinski definition) is 4. The number of nitrogens with one attached hydrogen (secondary N) is 1. The van der Waals surface area contributed by atoms with Crippen LogP contribution in [0.25, 0.3) is 0 Å². The second-order valence-electron chi connectivity index (χ2n) is 6.16. The molecule has 0 spiro atoms. The molecule has 1 aromatic heterocycles. The van der Waals surface area contributed by atoms with Crippen LogP contribution in [-0.4, -0.2) is 34.3 Å². The van der Waals surface area contributed by atoms with Gasteiger partial charge in [-0.25, -0.2) is 4.98 Å². The van der Waals surface area contributed by atoms with Gasteiger partial charge in [-0.05, 0) is 38.0 Å². The number of benzene rings is 1. The number of aromatic nitrogens is 1. The first-order chi connectivity index (χ1) is 12.0. The highest BCUT2D eigenvalue weighted by atomic mass is 16.5. The van der Waals surface area contributed by atoms with Crippen LogP contribution in [-0.2, 0) is 9.59 Å². The Bertz CT molecular complexity index is 756. The van der Waals surface area contributed by atoms with Gasteiger partial charge in [-0.1, -0.05) is 17.7 Å². The molecule has 0 bridgehead atoms. The highest BCUT2D eigenvalue weighted by Crippen LogP contribution is 2.22. The van der Waals surface area contributed by atoms with Crippen LogP contribution in [0.3, 0.4) is 0 Å². The third-order valence-electron chi connectivity index (χ3n) is 4.21. The summed E-state index contributed by atoms with van der Waals surface area (Å²) in [4.78, 5) is 29.8. The lowest BCUT2D eigenvalue weighted by Crippen LogP contribution is -2.42. The minimum Gasteiger partial charge on any atom is -0.439 e. The summed E-state index contributed by atoms with van der Waals surface area (Å²) in [5.74, 6) is 0.908. The topological polar surface area (TPSA) is 71.5 Å². The molecule has 1 unspecified atom stereocenters. The summed E-state index contributed by atoms with van der Waals surface area (Å²) in [5.41, 5.74) is 1.74. The van der Waals surface area contributed by atoms with Crippen LogP contribution >= 0.6 is 0 Å². The van der Waals surface area contributed by atoms with E-state index in [1.807, 2.05) is 31.2 Å². The molecule has 1 saturated heterocycles. The maximum atomic E-state index is 12.4. The van der Waals surface area contributed by atoms with E-state index < -0.39 is 6.04 Å². The molecular formula is C19H21N3O3. The second-order valence-corrected chi connectivity index (χ2v) is 6.16. The largest absolute Gasteiger partial charge is 0.439 e. The van der Waals surface area contributed by atoms with Crippen molar-refractivity contribution in [2.75, 3.05) is 11.9 Å². The van der Waals surface area contributed by atoms with Crippen LogP contribution in [0, 0.1) is 6.92 Å². The molecule has 0 aliphatic carbocycles. The lowest BCUT2D eigenvalue weighted by Gasteiger charge is -2.22. The lowest BCUT2D eigenvalue weighted by atomic mass is 10.2. The zero-order valence-corrected chi connectivity index (χ0v) is 14.4. The molecule has 2 amide bonds. The molecule has 1 aliphatic heterocycles. The van der Waals surface area contributed by atoms with Gasteiger partial charge >= 0.3 is 0 Å². The van der Waals surface area contributed by atoms with Crippen LogP contribution in [0.2, 0.25) is 0 Å². The number of hydrogen-bond donors (Lipinski definition) is 1. The van der Waals surface area contributed by atoms with Crippen molar-refractivity contribution in [3.8, 4) is 11.6 Å². The predicted octanol–water partition coefficient (Wildman–Crippen LogP) is 3.13. The fourth-order valence-corrected chi connectivity index (χ4v) is 2.88. The average molecular weight is 339 g/mol. The molecule has 1 aliphatic rings. The van der Waals surface area contributed by atoms with E-state index in [4.69, 9.17) is 4.74 Å². The fourth-order valence-electron chi connectivity index (χ4n) is 2.88. The van der Waals surface area contributed by atoms with E-state index >= 15 is 0 Å². The average Bonchev–Trinajstić information content (AvgIpc) is 3.09.